The molecular formula is C20H27N3O5. The fourth-order valence-corrected chi connectivity index (χ4v) is 4.23. The van der Waals surface area contributed by atoms with Gasteiger partial charge in [-0.05, 0) is 52.0 Å². The Morgan fingerprint density at radius 2 is 1.79 bits per heavy atom. The van der Waals surface area contributed by atoms with E-state index in [9.17, 15) is 19.7 Å². The number of hydrogen-bond donors (Lipinski definition) is 0. The van der Waals surface area contributed by atoms with E-state index < -0.39 is 10.9 Å². The van der Waals surface area contributed by atoms with Crippen molar-refractivity contribution in [1.82, 2.24) is 4.90 Å². The second-order valence-corrected chi connectivity index (χ2v) is 7.66. The van der Waals surface area contributed by atoms with Crippen LogP contribution in [0.25, 0.3) is 0 Å². The van der Waals surface area contributed by atoms with Gasteiger partial charge in [-0.25, -0.2) is 4.79 Å². The smallest absolute Gasteiger partial charge is 0.341 e. The number of ether oxygens (including phenoxy) is 1. The molecule has 2 heterocycles. The summed E-state index contributed by atoms with van der Waals surface area (Å²) in [6.07, 6.45) is 4.98. The highest BCUT2D eigenvalue weighted by atomic mass is 16.6. The van der Waals surface area contributed by atoms with Crippen molar-refractivity contribution in [2.75, 3.05) is 24.6 Å². The van der Waals surface area contributed by atoms with Gasteiger partial charge in [-0.2, -0.15) is 0 Å². The average Bonchev–Trinajstić information content (AvgIpc) is 3.20. The Hall–Kier alpha value is -2.64. The van der Waals surface area contributed by atoms with Crippen LogP contribution < -0.4 is 4.90 Å². The van der Waals surface area contributed by atoms with Gasteiger partial charge in [-0.15, -0.1) is 0 Å². The molecule has 2 aliphatic heterocycles. The number of nitro groups is 1. The second-order valence-electron chi connectivity index (χ2n) is 7.66. The molecule has 1 aromatic rings. The van der Waals surface area contributed by atoms with Gasteiger partial charge in [0.05, 0.1) is 16.2 Å². The number of anilines is 1. The van der Waals surface area contributed by atoms with Gasteiger partial charge in [-0.3, -0.25) is 14.9 Å². The third-order valence-electron chi connectivity index (χ3n) is 5.67. The SMILES string of the molecule is C[C@H]1CCC[C@H](C)N1C(=O)COC(=O)c1cc([N+](=O)[O-])ccc1N1CCCC1. The van der Waals surface area contributed by atoms with Crippen LogP contribution in [0.15, 0.2) is 18.2 Å². The molecule has 0 unspecified atom stereocenters. The average molecular weight is 389 g/mol. The molecule has 2 atom stereocenters. The van der Waals surface area contributed by atoms with Crippen molar-refractivity contribution >= 4 is 23.3 Å². The Morgan fingerprint density at radius 1 is 1.14 bits per heavy atom. The molecule has 152 valence electrons. The molecule has 8 heteroatoms. The summed E-state index contributed by atoms with van der Waals surface area (Å²) >= 11 is 0. The molecule has 0 N–H and O–H groups in total. The summed E-state index contributed by atoms with van der Waals surface area (Å²) in [5.41, 5.74) is 0.600. The van der Waals surface area contributed by atoms with Crippen LogP contribution in [0.2, 0.25) is 0 Å². The van der Waals surface area contributed by atoms with Crippen LogP contribution in [-0.4, -0.2) is 53.5 Å². The van der Waals surface area contributed by atoms with Crippen LogP contribution in [0.5, 0.6) is 0 Å². The Kier molecular flexibility index (Phi) is 6.16. The van der Waals surface area contributed by atoms with Crippen molar-refractivity contribution in [2.24, 2.45) is 0 Å². The van der Waals surface area contributed by atoms with E-state index >= 15 is 0 Å². The number of nitrogens with zero attached hydrogens (tertiary/aromatic N) is 3. The third kappa shape index (κ3) is 4.26. The number of hydrogen-bond acceptors (Lipinski definition) is 6. The topological polar surface area (TPSA) is 93.0 Å². The molecule has 2 fully saturated rings. The molecule has 8 nitrogen and oxygen atoms in total. The van der Waals surface area contributed by atoms with Crippen molar-refractivity contribution < 1.29 is 19.2 Å². The van der Waals surface area contributed by atoms with E-state index in [0.29, 0.717) is 5.69 Å². The normalized spacial score (nSPS) is 22.2. The number of non-ortho nitro benzene ring substituents is 1. The number of carbonyl (C=O) groups is 2. The maximum Gasteiger partial charge on any atom is 0.341 e. The first-order valence-electron chi connectivity index (χ1n) is 9.90. The summed E-state index contributed by atoms with van der Waals surface area (Å²) in [7, 11) is 0. The van der Waals surface area contributed by atoms with Gasteiger partial charge in [0.25, 0.3) is 11.6 Å². The molecule has 0 saturated carbocycles. The lowest BCUT2D eigenvalue weighted by atomic mass is 9.97. The van der Waals surface area contributed by atoms with E-state index in [2.05, 4.69) is 0 Å². The van der Waals surface area contributed by atoms with Gasteiger partial charge < -0.3 is 14.5 Å². The summed E-state index contributed by atoms with van der Waals surface area (Å²) in [5, 5.41) is 11.1. The minimum atomic E-state index is -0.698. The van der Waals surface area contributed by atoms with Crippen molar-refractivity contribution in [2.45, 2.75) is 58.0 Å². The Labute approximate surface area is 164 Å². The minimum Gasteiger partial charge on any atom is -0.452 e. The standard InChI is InChI=1S/C20H27N3O5/c1-14-6-5-7-15(2)22(14)19(24)13-28-20(25)17-12-16(23(26)27)8-9-18(17)21-10-3-4-11-21/h8-9,12,14-15H,3-7,10-11,13H2,1-2H3/t14-,15-/m0/s1. The van der Waals surface area contributed by atoms with Crippen LogP contribution in [0, 0.1) is 10.1 Å². The highest BCUT2D eigenvalue weighted by molar-refractivity contribution is 5.98. The molecule has 0 aliphatic carbocycles. The third-order valence-corrected chi connectivity index (χ3v) is 5.67. The van der Waals surface area contributed by atoms with Gasteiger partial charge in [0.2, 0.25) is 0 Å². The lowest BCUT2D eigenvalue weighted by molar-refractivity contribution is -0.384. The quantitative estimate of drug-likeness (QED) is 0.436. The number of benzene rings is 1. The van der Waals surface area contributed by atoms with Crippen molar-refractivity contribution in [3.05, 3.63) is 33.9 Å². The zero-order chi connectivity index (χ0) is 20.3. The first kappa shape index (κ1) is 20.1. The minimum absolute atomic E-state index is 0.118. The van der Waals surface area contributed by atoms with E-state index in [4.69, 9.17) is 4.74 Å². The van der Waals surface area contributed by atoms with E-state index in [0.717, 1.165) is 45.2 Å². The molecule has 2 saturated heterocycles. The fourth-order valence-electron chi connectivity index (χ4n) is 4.23. The predicted octanol–water partition coefficient (Wildman–Crippen LogP) is 3.14. The molecule has 1 amide bonds. The molecule has 3 rings (SSSR count). The summed E-state index contributed by atoms with van der Waals surface area (Å²) in [6, 6.07) is 4.47. The highest BCUT2D eigenvalue weighted by Gasteiger charge is 2.30. The van der Waals surface area contributed by atoms with E-state index in [1.54, 1.807) is 11.0 Å². The highest BCUT2D eigenvalue weighted by Crippen LogP contribution is 2.29. The molecule has 1 aromatic carbocycles. The van der Waals surface area contributed by atoms with Crippen molar-refractivity contribution in [3.63, 3.8) is 0 Å². The van der Waals surface area contributed by atoms with E-state index in [1.165, 1.54) is 12.1 Å². The van der Waals surface area contributed by atoms with Crippen LogP contribution in [0.3, 0.4) is 0 Å². The van der Waals surface area contributed by atoms with Gasteiger partial charge in [-0.1, -0.05) is 0 Å². The molecular weight excluding hydrogens is 362 g/mol. The first-order chi connectivity index (χ1) is 13.4. The molecule has 0 bridgehead atoms. The van der Waals surface area contributed by atoms with Gasteiger partial charge in [0.15, 0.2) is 6.61 Å². The number of nitro benzene ring substituents is 1. The maximum atomic E-state index is 12.7. The van der Waals surface area contributed by atoms with Crippen LogP contribution in [0.1, 0.15) is 56.3 Å². The molecule has 0 spiro atoms. The van der Waals surface area contributed by atoms with Crippen LogP contribution >= 0.6 is 0 Å². The summed E-state index contributed by atoms with van der Waals surface area (Å²) in [5.74, 6) is -0.919. The predicted molar refractivity (Wildman–Crippen MR) is 104 cm³/mol. The monoisotopic (exact) mass is 389 g/mol. The number of esters is 1. The Morgan fingerprint density at radius 3 is 2.39 bits per heavy atom. The van der Waals surface area contributed by atoms with Crippen LogP contribution in [0.4, 0.5) is 11.4 Å². The van der Waals surface area contributed by atoms with Crippen molar-refractivity contribution in [1.29, 1.82) is 0 Å². The fraction of sp³-hybridized carbons (Fsp3) is 0.600. The Balaban J connectivity index is 1.74. The van der Waals surface area contributed by atoms with Crippen LogP contribution in [-0.2, 0) is 9.53 Å². The number of piperidine rings is 1. The van der Waals surface area contributed by atoms with Gasteiger partial charge >= 0.3 is 5.97 Å². The summed E-state index contributed by atoms with van der Waals surface area (Å²) in [6.45, 7) is 5.23. The van der Waals surface area contributed by atoms with Gasteiger partial charge in [0.1, 0.15) is 0 Å². The van der Waals surface area contributed by atoms with Crippen molar-refractivity contribution in [3.8, 4) is 0 Å². The lowest BCUT2D eigenvalue weighted by Crippen LogP contribution is -2.49. The molecule has 28 heavy (non-hydrogen) atoms. The zero-order valence-electron chi connectivity index (χ0n) is 16.4. The first-order valence-corrected chi connectivity index (χ1v) is 9.90. The van der Waals surface area contributed by atoms with E-state index in [1.807, 2.05) is 18.7 Å². The summed E-state index contributed by atoms with van der Waals surface area (Å²) < 4.78 is 5.30. The zero-order valence-corrected chi connectivity index (χ0v) is 16.4. The molecule has 0 aromatic heterocycles. The summed E-state index contributed by atoms with van der Waals surface area (Å²) in [4.78, 5) is 39.7. The second kappa shape index (κ2) is 8.58. The number of likely N-dealkylation sites (tertiary alicyclic amines) is 1. The lowest BCUT2D eigenvalue weighted by Gasteiger charge is -2.38. The molecule has 0 radical (unpaired) electrons. The van der Waals surface area contributed by atoms with Gasteiger partial charge in [0, 0.05) is 37.3 Å². The Bertz CT molecular complexity index is 750. The van der Waals surface area contributed by atoms with E-state index in [-0.39, 0.29) is 35.8 Å². The number of rotatable bonds is 5. The number of carbonyl (C=O) groups excluding carboxylic acids is 2. The largest absolute Gasteiger partial charge is 0.452 e. The molecule has 2 aliphatic rings. The number of amides is 1. The maximum absolute atomic E-state index is 12.7.